The molecule has 0 spiro atoms. The van der Waals surface area contributed by atoms with Crippen molar-refractivity contribution in [2.45, 2.75) is 30.1 Å². The highest BCUT2D eigenvalue weighted by Gasteiger charge is 2.21. The molecule has 1 unspecified atom stereocenters. The summed E-state index contributed by atoms with van der Waals surface area (Å²) in [6.45, 7) is 2.24. The molecule has 1 atom stereocenters. The molecule has 17 heavy (non-hydrogen) atoms. The molecule has 0 amide bonds. The van der Waals surface area contributed by atoms with Crippen LogP contribution in [0.15, 0.2) is 29.2 Å². The second kappa shape index (κ2) is 7.30. The molecule has 1 aromatic carbocycles. The summed E-state index contributed by atoms with van der Waals surface area (Å²) >= 11 is 7.64. The minimum atomic E-state index is 0.698. The van der Waals surface area contributed by atoms with Crippen molar-refractivity contribution >= 4 is 23.4 Å². The van der Waals surface area contributed by atoms with E-state index in [1.54, 1.807) is 0 Å². The standard InChI is InChI=1S/C14H20ClNS/c15-8-4-1-5-9-16-10-12-11-17-14-7-3-2-6-13(12)14/h2-3,6-7,12,16H,1,4-5,8-11H2. The van der Waals surface area contributed by atoms with Crippen LogP contribution in [0.3, 0.4) is 0 Å². The van der Waals surface area contributed by atoms with E-state index in [1.165, 1.54) is 29.1 Å². The third-order valence-corrected chi connectivity index (χ3v) is 4.70. The Hall–Kier alpha value is -0.180. The van der Waals surface area contributed by atoms with Crippen LogP contribution in [0, 0.1) is 0 Å². The number of halogens is 1. The van der Waals surface area contributed by atoms with Crippen LogP contribution < -0.4 is 5.32 Å². The van der Waals surface area contributed by atoms with Crippen molar-refractivity contribution in [2.24, 2.45) is 0 Å². The zero-order chi connectivity index (χ0) is 11.9. The van der Waals surface area contributed by atoms with Gasteiger partial charge < -0.3 is 5.32 Å². The highest BCUT2D eigenvalue weighted by atomic mass is 35.5. The first-order chi connectivity index (χ1) is 8.42. The number of benzene rings is 1. The van der Waals surface area contributed by atoms with Gasteiger partial charge in [0.1, 0.15) is 0 Å². The third-order valence-electron chi connectivity index (χ3n) is 3.18. The Morgan fingerprint density at radius 2 is 2.12 bits per heavy atom. The molecule has 1 aliphatic rings. The summed E-state index contributed by atoms with van der Waals surface area (Å²) in [6.07, 6.45) is 3.63. The van der Waals surface area contributed by atoms with Crippen molar-refractivity contribution in [2.75, 3.05) is 24.7 Å². The molecule has 0 aliphatic carbocycles. The molecule has 1 nitrogen and oxygen atoms in total. The molecule has 1 aromatic rings. The van der Waals surface area contributed by atoms with Gasteiger partial charge in [-0.1, -0.05) is 24.6 Å². The van der Waals surface area contributed by atoms with Crippen LogP contribution in [0.5, 0.6) is 0 Å². The normalized spacial score (nSPS) is 18.3. The first-order valence-electron chi connectivity index (χ1n) is 6.40. The molecule has 0 aromatic heterocycles. The van der Waals surface area contributed by atoms with Crippen LogP contribution in [0.1, 0.15) is 30.7 Å². The van der Waals surface area contributed by atoms with Crippen LogP contribution in [-0.4, -0.2) is 24.7 Å². The molecule has 1 heterocycles. The number of alkyl halides is 1. The fourth-order valence-corrected chi connectivity index (χ4v) is 3.64. The Bertz CT molecular complexity index is 343. The lowest BCUT2D eigenvalue weighted by molar-refractivity contribution is 0.583. The van der Waals surface area contributed by atoms with Gasteiger partial charge in [0, 0.05) is 29.0 Å². The summed E-state index contributed by atoms with van der Waals surface area (Å²) in [5, 5.41) is 3.57. The molecule has 3 heteroatoms. The van der Waals surface area contributed by atoms with E-state index in [4.69, 9.17) is 11.6 Å². The predicted molar refractivity (Wildman–Crippen MR) is 77.3 cm³/mol. The van der Waals surface area contributed by atoms with Gasteiger partial charge in [0.15, 0.2) is 0 Å². The average Bonchev–Trinajstić information content (AvgIpc) is 2.77. The molecule has 2 rings (SSSR count). The molecule has 0 bridgehead atoms. The van der Waals surface area contributed by atoms with E-state index in [0.717, 1.165) is 25.4 Å². The van der Waals surface area contributed by atoms with Crippen LogP contribution in [0.4, 0.5) is 0 Å². The van der Waals surface area contributed by atoms with Gasteiger partial charge in [0.2, 0.25) is 0 Å². The van der Waals surface area contributed by atoms with E-state index in [2.05, 4.69) is 29.6 Å². The van der Waals surface area contributed by atoms with Gasteiger partial charge >= 0.3 is 0 Å². The largest absolute Gasteiger partial charge is 0.316 e. The third kappa shape index (κ3) is 3.90. The monoisotopic (exact) mass is 269 g/mol. The van der Waals surface area contributed by atoms with Crippen molar-refractivity contribution in [3.8, 4) is 0 Å². The van der Waals surface area contributed by atoms with Crippen LogP contribution in [-0.2, 0) is 0 Å². The lowest BCUT2D eigenvalue weighted by atomic mass is 10.0. The Morgan fingerprint density at radius 3 is 3.00 bits per heavy atom. The zero-order valence-electron chi connectivity index (χ0n) is 10.1. The summed E-state index contributed by atoms with van der Waals surface area (Å²) in [4.78, 5) is 1.47. The topological polar surface area (TPSA) is 12.0 Å². The van der Waals surface area contributed by atoms with Gasteiger partial charge in [-0.15, -0.1) is 23.4 Å². The van der Waals surface area contributed by atoms with Gasteiger partial charge in [-0.3, -0.25) is 0 Å². The highest BCUT2D eigenvalue weighted by Crippen LogP contribution is 2.38. The average molecular weight is 270 g/mol. The smallest absolute Gasteiger partial charge is 0.0223 e. The number of thioether (sulfide) groups is 1. The second-order valence-corrected chi connectivity index (χ2v) is 5.94. The first-order valence-corrected chi connectivity index (χ1v) is 7.92. The second-order valence-electron chi connectivity index (χ2n) is 4.50. The SMILES string of the molecule is ClCCCCCNCC1CSc2ccccc21. The van der Waals surface area contributed by atoms with Gasteiger partial charge in [0.05, 0.1) is 0 Å². The molecular formula is C14H20ClNS. The quantitative estimate of drug-likeness (QED) is 0.596. The van der Waals surface area contributed by atoms with Crippen LogP contribution in [0.2, 0.25) is 0 Å². The summed E-state index contributed by atoms with van der Waals surface area (Å²) in [5.41, 5.74) is 1.53. The number of fused-ring (bicyclic) bond motifs is 1. The van der Waals surface area contributed by atoms with Crippen molar-refractivity contribution in [3.05, 3.63) is 29.8 Å². The molecule has 0 saturated heterocycles. The highest BCUT2D eigenvalue weighted by molar-refractivity contribution is 7.99. The van der Waals surface area contributed by atoms with E-state index in [1.807, 2.05) is 11.8 Å². The molecule has 0 radical (unpaired) electrons. The summed E-state index contributed by atoms with van der Waals surface area (Å²) in [7, 11) is 0. The number of hydrogen-bond donors (Lipinski definition) is 1. The Labute approximate surface area is 113 Å². The van der Waals surface area contributed by atoms with Gasteiger partial charge in [-0.2, -0.15) is 0 Å². The fourth-order valence-electron chi connectivity index (χ4n) is 2.20. The Balaban J connectivity index is 1.68. The lowest BCUT2D eigenvalue weighted by Crippen LogP contribution is -2.22. The molecule has 1 N–H and O–H groups in total. The van der Waals surface area contributed by atoms with E-state index >= 15 is 0 Å². The molecule has 94 valence electrons. The molecular weight excluding hydrogens is 250 g/mol. The molecule has 0 saturated carbocycles. The maximum atomic E-state index is 5.65. The zero-order valence-corrected chi connectivity index (χ0v) is 11.7. The number of unbranched alkanes of at least 4 members (excludes halogenated alkanes) is 2. The van der Waals surface area contributed by atoms with Crippen LogP contribution in [0.25, 0.3) is 0 Å². The van der Waals surface area contributed by atoms with Crippen molar-refractivity contribution in [1.29, 1.82) is 0 Å². The fraction of sp³-hybridized carbons (Fsp3) is 0.571. The summed E-state index contributed by atoms with van der Waals surface area (Å²) in [5.74, 6) is 2.73. The van der Waals surface area contributed by atoms with Crippen molar-refractivity contribution in [3.63, 3.8) is 0 Å². The van der Waals surface area contributed by atoms with Gasteiger partial charge in [-0.25, -0.2) is 0 Å². The Morgan fingerprint density at radius 1 is 1.24 bits per heavy atom. The first kappa shape index (κ1) is 13.3. The minimum absolute atomic E-state index is 0.698. The predicted octanol–water partition coefficient (Wildman–Crippen LogP) is 3.87. The van der Waals surface area contributed by atoms with E-state index < -0.39 is 0 Å². The van der Waals surface area contributed by atoms with Crippen LogP contribution >= 0.6 is 23.4 Å². The summed E-state index contributed by atoms with van der Waals surface area (Å²) in [6, 6.07) is 8.79. The minimum Gasteiger partial charge on any atom is -0.316 e. The Kier molecular flexibility index (Phi) is 5.69. The van der Waals surface area contributed by atoms with Gasteiger partial charge in [-0.05, 0) is 31.0 Å². The van der Waals surface area contributed by atoms with Crippen molar-refractivity contribution < 1.29 is 0 Å². The van der Waals surface area contributed by atoms with E-state index in [0.29, 0.717) is 5.92 Å². The summed E-state index contributed by atoms with van der Waals surface area (Å²) < 4.78 is 0. The van der Waals surface area contributed by atoms with E-state index in [9.17, 15) is 0 Å². The number of hydrogen-bond acceptors (Lipinski definition) is 2. The van der Waals surface area contributed by atoms with Gasteiger partial charge in [0.25, 0.3) is 0 Å². The maximum Gasteiger partial charge on any atom is 0.0223 e. The number of rotatable bonds is 7. The molecule has 0 fully saturated rings. The number of nitrogens with one attached hydrogen (secondary N) is 1. The van der Waals surface area contributed by atoms with Crippen molar-refractivity contribution in [1.82, 2.24) is 5.32 Å². The molecule has 1 aliphatic heterocycles. The van der Waals surface area contributed by atoms with E-state index in [-0.39, 0.29) is 0 Å². The lowest BCUT2D eigenvalue weighted by Gasteiger charge is -2.11. The maximum absolute atomic E-state index is 5.65.